The highest BCUT2D eigenvalue weighted by Crippen LogP contribution is 2.15. The lowest BCUT2D eigenvalue weighted by Crippen LogP contribution is -2.28. The normalized spacial score (nSPS) is 10.0. The van der Waals surface area contributed by atoms with Crippen molar-refractivity contribution in [1.82, 2.24) is 4.90 Å². The molecule has 1 rings (SSSR count). The second kappa shape index (κ2) is 10.9. The third-order valence-corrected chi connectivity index (χ3v) is 3.26. The Hall–Kier alpha value is -0.780. The SMILES string of the molecule is CCN(CC)CCOC(=O)COc1ccc(Br)cc1.Cl. The van der Waals surface area contributed by atoms with E-state index in [1.165, 1.54) is 0 Å². The summed E-state index contributed by atoms with van der Waals surface area (Å²) < 4.78 is 11.4. The maximum atomic E-state index is 11.5. The number of ether oxygens (including phenoxy) is 2. The number of carbonyl (C=O) groups is 1. The predicted octanol–water partition coefficient (Wildman–Crippen LogP) is 3.13. The molecule has 0 spiro atoms. The Morgan fingerprint density at radius 1 is 1.20 bits per heavy atom. The smallest absolute Gasteiger partial charge is 0.344 e. The molecule has 0 unspecified atom stereocenters. The number of hydrogen-bond donors (Lipinski definition) is 0. The maximum absolute atomic E-state index is 11.5. The van der Waals surface area contributed by atoms with Crippen molar-refractivity contribution in [2.24, 2.45) is 0 Å². The zero-order valence-electron chi connectivity index (χ0n) is 11.8. The molecule has 20 heavy (non-hydrogen) atoms. The quantitative estimate of drug-likeness (QED) is 0.663. The monoisotopic (exact) mass is 365 g/mol. The summed E-state index contributed by atoms with van der Waals surface area (Å²) in [7, 11) is 0. The average Bonchev–Trinajstić information content (AvgIpc) is 2.43. The maximum Gasteiger partial charge on any atom is 0.344 e. The van der Waals surface area contributed by atoms with Gasteiger partial charge in [-0.25, -0.2) is 4.79 Å². The van der Waals surface area contributed by atoms with Crippen molar-refractivity contribution < 1.29 is 14.3 Å². The van der Waals surface area contributed by atoms with Crippen LogP contribution in [0.4, 0.5) is 0 Å². The van der Waals surface area contributed by atoms with Crippen LogP contribution in [0.25, 0.3) is 0 Å². The molecule has 0 amide bonds. The third-order valence-electron chi connectivity index (χ3n) is 2.74. The van der Waals surface area contributed by atoms with Crippen molar-refractivity contribution in [2.75, 3.05) is 32.8 Å². The first-order chi connectivity index (χ1) is 9.15. The largest absolute Gasteiger partial charge is 0.482 e. The van der Waals surface area contributed by atoms with Crippen LogP contribution in [0.5, 0.6) is 5.75 Å². The summed E-state index contributed by atoms with van der Waals surface area (Å²) in [4.78, 5) is 13.7. The van der Waals surface area contributed by atoms with E-state index in [4.69, 9.17) is 9.47 Å². The summed E-state index contributed by atoms with van der Waals surface area (Å²) >= 11 is 3.33. The second-order valence-electron chi connectivity index (χ2n) is 3.99. The highest BCUT2D eigenvalue weighted by Gasteiger charge is 2.05. The Morgan fingerprint density at radius 2 is 1.80 bits per heavy atom. The number of benzene rings is 1. The molecule has 6 heteroatoms. The predicted molar refractivity (Wildman–Crippen MR) is 85.6 cm³/mol. The van der Waals surface area contributed by atoms with Crippen molar-refractivity contribution in [3.8, 4) is 5.75 Å². The van der Waals surface area contributed by atoms with Gasteiger partial charge in [0.05, 0.1) is 0 Å². The van der Waals surface area contributed by atoms with Crippen molar-refractivity contribution >= 4 is 34.3 Å². The van der Waals surface area contributed by atoms with Gasteiger partial charge in [-0.15, -0.1) is 12.4 Å². The minimum atomic E-state index is -0.338. The molecule has 0 atom stereocenters. The van der Waals surface area contributed by atoms with Crippen LogP contribution in [-0.4, -0.2) is 43.7 Å². The first-order valence-corrected chi connectivity index (χ1v) is 7.21. The summed E-state index contributed by atoms with van der Waals surface area (Å²) in [6, 6.07) is 7.32. The van der Waals surface area contributed by atoms with E-state index in [9.17, 15) is 4.79 Å². The molecule has 1 aromatic rings. The van der Waals surface area contributed by atoms with Gasteiger partial charge in [0.1, 0.15) is 12.4 Å². The molecule has 4 nitrogen and oxygen atoms in total. The summed E-state index contributed by atoms with van der Waals surface area (Å²) in [6.07, 6.45) is 0. The molecule has 0 bridgehead atoms. The summed E-state index contributed by atoms with van der Waals surface area (Å²) in [5.41, 5.74) is 0. The van der Waals surface area contributed by atoms with E-state index >= 15 is 0 Å². The van der Waals surface area contributed by atoms with Crippen LogP contribution >= 0.6 is 28.3 Å². The average molecular weight is 367 g/mol. The van der Waals surface area contributed by atoms with Gasteiger partial charge in [-0.05, 0) is 37.4 Å². The van der Waals surface area contributed by atoms with E-state index in [0.717, 1.165) is 24.1 Å². The van der Waals surface area contributed by atoms with E-state index in [1.54, 1.807) is 12.1 Å². The fourth-order valence-corrected chi connectivity index (χ4v) is 1.81. The van der Waals surface area contributed by atoms with Crippen LogP contribution in [0.15, 0.2) is 28.7 Å². The molecule has 0 radical (unpaired) electrons. The van der Waals surface area contributed by atoms with Crippen LogP contribution in [-0.2, 0) is 9.53 Å². The number of halogens is 2. The zero-order valence-corrected chi connectivity index (χ0v) is 14.2. The summed E-state index contributed by atoms with van der Waals surface area (Å²) in [5.74, 6) is 0.318. The molecule has 0 aliphatic rings. The Bertz CT molecular complexity index is 383. The van der Waals surface area contributed by atoms with E-state index in [2.05, 4.69) is 34.7 Å². The van der Waals surface area contributed by atoms with Gasteiger partial charge < -0.3 is 14.4 Å². The van der Waals surface area contributed by atoms with Crippen LogP contribution in [0.1, 0.15) is 13.8 Å². The molecule has 0 aromatic heterocycles. The number of rotatable bonds is 8. The Kier molecular flexibility index (Phi) is 10.5. The summed E-state index contributed by atoms with van der Waals surface area (Å²) in [5, 5.41) is 0. The molecule has 0 N–H and O–H groups in total. The highest BCUT2D eigenvalue weighted by molar-refractivity contribution is 9.10. The van der Waals surface area contributed by atoms with Gasteiger partial charge >= 0.3 is 5.97 Å². The summed E-state index contributed by atoms with van der Waals surface area (Å²) in [6.45, 7) is 7.21. The van der Waals surface area contributed by atoms with Gasteiger partial charge in [0.25, 0.3) is 0 Å². The van der Waals surface area contributed by atoms with Crippen molar-refractivity contribution in [3.63, 3.8) is 0 Å². The molecular formula is C14H21BrClNO3. The Labute approximate surface area is 135 Å². The number of hydrogen-bond acceptors (Lipinski definition) is 4. The van der Waals surface area contributed by atoms with E-state index in [1.807, 2.05) is 12.1 Å². The third kappa shape index (κ3) is 7.72. The minimum Gasteiger partial charge on any atom is -0.482 e. The molecule has 0 fully saturated rings. The van der Waals surface area contributed by atoms with Crippen molar-refractivity contribution in [1.29, 1.82) is 0 Å². The first kappa shape index (κ1) is 19.2. The topological polar surface area (TPSA) is 38.8 Å². The van der Waals surface area contributed by atoms with E-state index in [-0.39, 0.29) is 25.0 Å². The molecule has 114 valence electrons. The lowest BCUT2D eigenvalue weighted by molar-refractivity contribution is -0.146. The van der Waals surface area contributed by atoms with Gasteiger partial charge in [0.15, 0.2) is 6.61 Å². The van der Waals surface area contributed by atoms with Crippen LogP contribution in [0.2, 0.25) is 0 Å². The highest BCUT2D eigenvalue weighted by atomic mass is 79.9. The molecule has 0 saturated heterocycles. The van der Waals surface area contributed by atoms with Crippen LogP contribution < -0.4 is 4.74 Å². The minimum absolute atomic E-state index is 0. The van der Waals surface area contributed by atoms with Gasteiger partial charge in [0.2, 0.25) is 0 Å². The van der Waals surface area contributed by atoms with E-state index in [0.29, 0.717) is 12.4 Å². The molecule has 0 aliphatic heterocycles. The molecule has 0 aliphatic carbocycles. The van der Waals surface area contributed by atoms with Gasteiger partial charge in [-0.3, -0.25) is 0 Å². The molecule has 0 saturated carbocycles. The molecule has 1 aromatic carbocycles. The lowest BCUT2D eigenvalue weighted by Gasteiger charge is -2.17. The van der Waals surface area contributed by atoms with Crippen molar-refractivity contribution in [3.05, 3.63) is 28.7 Å². The molecule has 0 heterocycles. The van der Waals surface area contributed by atoms with Gasteiger partial charge in [-0.2, -0.15) is 0 Å². The van der Waals surface area contributed by atoms with Gasteiger partial charge in [0, 0.05) is 11.0 Å². The number of carbonyl (C=O) groups excluding carboxylic acids is 1. The second-order valence-corrected chi connectivity index (χ2v) is 4.91. The number of likely N-dealkylation sites (N-methyl/N-ethyl adjacent to an activating group) is 1. The molecular weight excluding hydrogens is 346 g/mol. The van der Waals surface area contributed by atoms with Gasteiger partial charge in [-0.1, -0.05) is 29.8 Å². The zero-order chi connectivity index (χ0) is 14.1. The fraction of sp³-hybridized carbons (Fsp3) is 0.500. The van der Waals surface area contributed by atoms with Crippen molar-refractivity contribution in [2.45, 2.75) is 13.8 Å². The Morgan fingerprint density at radius 3 is 2.35 bits per heavy atom. The van der Waals surface area contributed by atoms with Crippen LogP contribution in [0.3, 0.4) is 0 Å². The fourth-order valence-electron chi connectivity index (χ4n) is 1.54. The lowest BCUT2D eigenvalue weighted by atomic mass is 10.3. The standard InChI is InChI=1S/C14H20BrNO3.ClH/c1-3-16(4-2)9-10-18-14(17)11-19-13-7-5-12(15)6-8-13;/h5-8H,3-4,9-11H2,1-2H3;1H. The van der Waals surface area contributed by atoms with E-state index < -0.39 is 0 Å². The number of nitrogens with zero attached hydrogens (tertiary/aromatic N) is 1. The Balaban J connectivity index is 0.00000361. The number of esters is 1. The first-order valence-electron chi connectivity index (χ1n) is 6.42. The van der Waals surface area contributed by atoms with Crippen LogP contribution in [0, 0.1) is 0 Å².